The molecule has 0 amide bonds. The molecule has 12 heteroatoms. The fourth-order valence-electron chi connectivity index (χ4n) is 4.66. The Hall–Kier alpha value is -3.95. The molecule has 3 heterocycles. The number of hydrogen-bond acceptors (Lipinski definition) is 7. The van der Waals surface area contributed by atoms with Crippen LogP contribution in [0.3, 0.4) is 0 Å². The number of anilines is 1. The quantitative estimate of drug-likeness (QED) is 0.350. The third-order valence-corrected chi connectivity index (χ3v) is 8.52. The molecule has 1 aliphatic rings. The first-order chi connectivity index (χ1) is 18.4. The molecule has 2 N–H and O–H groups in total. The second-order valence-corrected chi connectivity index (χ2v) is 11.9. The summed E-state index contributed by atoms with van der Waals surface area (Å²) in [5.41, 5.74) is -1.43. The maximum atomic E-state index is 14.2. The Bertz CT molecular complexity index is 1680. The third kappa shape index (κ3) is 5.20. The van der Waals surface area contributed by atoms with Crippen molar-refractivity contribution < 1.29 is 21.6 Å². The topological polar surface area (TPSA) is 113 Å². The standard InChI is InChI=1S/C27H25F3N6O2S/c1-26(2)11-10-18(14-33-26)34-25-32-15-22(27(28,29)30)24(35-25)21-16-36(23-12-17(13-31)8-9-20(21)23)39(37,38)19-6-4-3-5-7-19/h3-9,12,15-16,18,33H,10-11,14H2,1-2H3,(H,32,34,35)/t18-/m0/s1. The van der Waals surface area contributed by atoms with Crippen molar-refractivity contribution in [3.8, 4) is 17.3 Å². The number of nitrogens with one attached hydrogen (secondary N) is 2. The molecule has 1 aliphatic heterocycles. The van der Waals surface area contributed by atoms with Crippen LogP contribution in [0.2, 0.25) is 0 Å². The fraction of sp³-hybridized carbons (Fsp3) is 0.296. The summed E-state index contributed by atoms with van der Waals surface area (Å²) in [5.74, 6) is 0.00460. The number of nitriles is 1. The fourth-order valence-corrected chi connectivity index (χ4v) is 6.04. The Balaban J connectivity index is 1.68. The van der Waals surface area contributed by atoms with Crippen molar-refractivity contribution in [2.24, 2.45) is 0 Å². The molecule has 5 rings (SSSR count). The van der Waals surface area contributed by atoms with Gasteiger partial charge in [0.1, 0.15) is 5.56 Å². The number of hydrogen-bond donors (Lipinski definition) is 2. The van der Waals surface area contributed by atoms with Crippen LogP contribution in [0.25, 0.3) is 22.2 Å². The average molecular weight is 555 g/mol. The summed E-state index contributed by atoms with van der Waals surface area (Å²) in [7, 11) is -4.21. The van der Waals surface area contributed by atoms with E-state index in [1.54, 1.807) is 18.2 Å². The number of rotatable bonds is 5. The van der Waals surface area contributed by atoms with Gasteiger partial charge in [-0.15, -0.1) is 0 Å². The molecule has 0 aliphatic carbocycles. The van der Waals surface area contributed by atoms with Crippen LogP contribution in [-0.4, -0.2) is 40.5 Å². The van der Waals surface area contributed by atoms with Crippen molar-refractivity contribution in [2.45, 2.75) is 49.3 Å². The van der Waals surface area contributed by atoms with Gasteiger partial charge in [0.25, 0.3) is 10.0 Å². The van der Waals surface area contributed by atoms with Gasteiger partial charge >= 0.3 is 6.18 Å². The van der Waals surface area contributed by atoms with Crippen LogP contribution >= 0.6 is 0 Å². The molecule has 0 bridgehead atoms. The number of benzene rings is 2. The van der Waals surface area contributed by atoms with E-state index in [2.05, 4.69) is 34.4 Å². The van der Waals surface area contributed by atoms with Gasteiger partial charge < -0.3 is 10.6 Å². The van der Waals surface area contributed by atoms with E-state index in [0.29, 0.717) is 12.7 Å². The number of alkyl halides is 3. The highest BCUT2D eigenvalue weighted by atomic mass is 32.2. The molecular formula is C27H25F3N6O2S. The summed E-state index contributed by atoms with van der Waals surface area (Å²) in [6.45, 7) is 4.73. The molecule has 1 saturated heterocycles. The normalized spacial score (nSPS) is 17.6. The highest BCUT2D eigenvalue weighted by Gasteiger charge is 2.37. The molecule has 2 aromatic heterocycles. The molecule has 0 unspecified atom stereocenters. The van der Waals surface area contributed by atoms with Crippen LogP contribution < -0.4 is 10.6 Å². The first-order valence-electron chi connectivity index (χ1n) is 12.2. The van der Waals surface area contributed by atoms with E-state index in [1.165, 1.54) is 30.3 Å². The van der Waals surface area contributed by atoms with Crippen molar-refractivity contribution >= 4 is 26.9 Å². The first kappa shape index (κ1) is 26.6. The van der Waals surface area contributed by atoms with Crippen LogP contribution in [0.1, 0.15) is 37.8 Å². The van der Waals surface area contributed by atoms with Gasteiger partial charge in [-0.05, 0) is 51.0 Å². The number of halogens is 3. The second kappa shape index (κ2) is 9.66. The minimum absolute atomic E-state index is 0.00460. The molecule has 8 nitrogen and oxygen atoms in total. The van der Waals surface area contributed by atoms with Gasteiger partial charge in [-0.2, -0.15) is 18.4 Å². The smallest absolute Gasteiger partial charge is 0.350 e. The SMILES string of the molecule is CC1(C)CC[C@H](Nc2ncc(C(F)(F)F)c(-c3cn(S(=O)(=O)c4ccccc4)c4cc(C#N)ccc34)n2)CN1. The zero-order valence-electron chi connectivity index (χ0n) is 21.1. The molecular weight excluding hydrogens is 529 g/mol. The molecule has 1 fully saturated rings. The molecule has 1 atom stereocenters. The molecule has 39 heavy (non-hydrogen) atoms. The number of piperidine rings is 1. The van der Waals surface area contributed by atoms with Crippen molar-refractivity contribution in [2.75, 3.05) is 11.9 Å². The van der Waals surface area contributed by atoms with E-state index in [0.717, 1.165) is 23.0 Å². The molecule has 0 saturated carbocycles. The molecule has 0 radical (unpaired) electrons. The lowest BCUT2D eigenvalue weighted by Crippen LogP contribution is -2.50. The lowest BCUT2D eigenvalue weighted by molar-refractivity contribution is -0.137. The maximum Gasteiger partial charge on any atom is 0.419 e. The van der Waals surface area contributed by atoms with Gasteiger partial charge in [-0.25, -0.2) is 22.4 Å². The Labute approximate surface area is 223 Å². The van der Waals surface area contributed by atoms with Crippen molar-refractivity contribution in [1.82, 2.24) is 19.3 Å². The first-order valence-corrected chi connectivity index (χ1v) is 13.6. The van der Waals surface area contributed by atoms with Crippen LogP contribution in [0.15, 0.2) is 65.8 Å². The Morgan fingerprint density at radius 1 is 1.18 bits per heavy atom. The number of aromatic nitrogens is 3. The van der Waals surface area contributed by atoms with E-state index in [1.807, 2.05) is 6.07 Å². The number of nitrogens with zero attached hydrogens (tertiary/aromatic N) is 4. The summed E-state index contributed by atoms with van der Waals surface area (Å²) in [5, 5.41) is 16.1. The largest absolute Gasteiger partial charge is 0.419 e. The summed E-state index contributed by atoms with van der Waals surface area (Å²) < 4.78 is 70.5. The zero-order valence-corrected chi connectivity index (χ0v) is 21.9. The van der Waals surface area contributed by atoms with E-state index in [-0.39, 0.29) is 44.5 Å². The van der Waals surface area contributed by atoms with E-state index in [4.69, 9.17) is 0 Å². The highest BCUT2D eigenvalue weighted by Crippen LogP contribution is 2.40. The van der Waals surface area contributed by atoms with Crippen molar-refractivity contribution in [3.05, 3.63) is 72.1 Å². The second-order valence-electron chi connectivity index (χ2n) is 10.1. The average Bonchev–Trinajstić information content (AvgIpc) is 3.29. The number of fused-ring (bicyclic) bond motifs is 1. The lowest BCUT2D eigenvalue weighted by atomic mass is 9.91. The molecule has 0 spiro atoms. The van der Waals surface area contributed by atoms with Crippen LogP contribution in [0.5, 0.6) is 0 Å². The summed E-state index contributed by atoms with van der Waals surface area (Å²) in [6.07, 6.45) is -1.34. The Kier molecular flexibility index (Phi) is 6.60. The monoisotopic (exact) mass is 554 g/mol. The van der Waals surface area contributed by atoms with E-state index >= 15 is 0 Å². The summed E-state index contributed by atoms with van der Waals surface area (Å²) >= 11 is 0. The molecule has 4 aromatic rings. The van der Waals surface area contributed by atoms with Gasteiger partial charge in [0.15, 0.2) is 0 Å². The van der Waals surface area contributed by atoms with Gasteiger partial charge in [0, 0.05) is 41.5 Å². The van der Waals surface area contributed by atoms with E-state index < -0.39 is 27.5 Å². The van der Waals surface area contributed by atoms with Crippen molar-refractivity contribution in [3.63, 3.8) is 0 Å². The van der Waals surface area contributed by atoms with Gasteiger partial charge in [0.05, 0.1) is 27.7 Å². The van der Waals surface area contributed by atoms with Gasteiger partial charge in [-0.3, -0.25) is 0 Å². The predicted octanol–water partition coefficient (Wildman–Crippen LogP) is 5.17. The third-order valence-electron chi connectivity index (χ3n) is 6.83. The minimum atomic E-state index is -4.80. The zero-order chi connectivity index (χ0) is 28.0. The van der Waals surface area contributed by atoms with Crippen molar-refractivity contribution in [1.29, 1.82) is 5.26 Å². The van der Waals surface area contributed by atoms with E-state index in [9.17, 15) is 26.9 Å². The minimum Gasteiger partial charge on any atom is -0.350 e. The summed E-state index contributed by atoms with van der Waals surface area (Å²) in [6, 6.07) is 13.6. The molecule has 202 valence electrons. The van der Waals surface area contributed by atoms with Gasteiger partial charge in [-0.1, -0.05) is 24.3 Å². The maximum absolute atomic E-state index is 14.2. The molecule has 2 aromatic carbocycles. The van der Waals surface area contributed by atoms with Crippen LogP contribution in [-0.2, 0) is 16.2 Å². The Morgan fingerprint density at radius 3 is 2.56 bits per heavy atom. The van der Waals surface area contributed by atoms with Crippen LogP contribution in [0, 0.1) is 11.3 Å². The highest BCUT2D eigenvalue weighted by molar-refractivity contribution is 7.90. The van der Waals surface area contributed by atoms with Gasteiger partial charge in [0.2, 0.25) is 5.95 Å². The van der Waals surface area contributed by atoms with Crippen LogP contribution in [0.4, 0.5) is 19.1 Å². The predicted molar refractivity (Wildman–Crippen MR) is 140 cm³/mol. The summed E-state index contributed by atoms with van der Waals surface area (Å²) in [4.78, 5) is 8.14. The lowest BCUT2D eigenvalue weighted by Gasteiger charge is -2.36. The Morgan fingerprint density at radius 2 is 1.92 bits per heavy atom.